The van der Waals surface area contributed by atoms with Crippen LogP contribution < -0.4 is 15.6 Å². The van der Waals surface area contributed by atoms with Crippen molar-refractivity contribution < 1.29 is 12.8 Å². The van der Waals surface area contributed by atoms with Crippen LogP contribution in [0.25, 0.3) is 11.0 Å². The molecule has 0 spiro atoms. The molecular formula is C9H13FN6O2S. The summed E-state index contributed by atoms with van der Waals surface area (Å²) in [7, 11) is -0.513. The fourth-order valence-corrected chi connectivity index (χ4v) is 2.34. The summed E-state index contributed by atoms with van der Waals surface area (Å²) in [4.78, 5) is 9.97. The highest BCUT2D eigenvalue weighted by Gasteiger charge is 2.19. The lowest BCUT2D eigenvalue weighted by atomic mass is 10.3. The smallest absolute Gasteiger partial charge is 0.225 e. The Morgan fingerprint density at radius 1 is 1.47 bits per heavy atom. The second-order valence-corrected chi connectivity index (χ2v) is 5.84. The Labute approximate surface area is 109 Å². The van der Waals surface area contributed by atoms with Crippen molar-refractivity contribution in [3.63, 3.8) is 0 Å². The number of nitrogens with two attached hydrogens (primary N) is 1. The largest absolute Gasteiger partial charge is 0.368 e. The summed E-state index contributed by atoms with van der Waals surface area (Å²) in [5, 5.41) is 1.18. The van der Waals surface area contributed by atoms with Crippen molar-refractivity contribution in [3.8, 4) is 0 Å². The molecule has 0 aliphatic heterocycles. The minimum atomic E-state index is -3.51. The molecule has 3 N–H and O–H groups in total. The Morgan fingerprint density at radius 3 is 2.68 bits per heavy atom. The van der Waals surface area contributed by atoms with Gasteiger partial charge < -0.3 is 10.3 Å². The average Bonchev–Trinajstić information content (AvgIpc) is 2.51. The molecule has 0 saturated heterocycles. The fraction of sp³-hybridized carbons (Fsp3) is 0.333. The van der Waals surface area contributed by atoms with Crippen LogP contribution in [0, 0.1) is 5.82 Å². The zero-order chi connectivity index (χ0) is 14.4. The van der Waals surface area contributed by atoms with Crippen molar-refractivity contribution in [1.29, 1.82) is 0 Å². The summed E-state index contributed by atoms with van der Waals surface area (Å²) in [6.45, 7) is 0. The highest BCUT2D eigenvalue weighted by Crippen LogP contribution is 2.26. The number of nitrogens with one attached hydrogen (secondary N) is 1. The van der Waals surface area contributed by atoms with Gasteiger partial charge in [-0.1, -0.05) is 0 Å². The maximum Gasteiger partial charge on any atom is 0.225 e. The molecule has 104 valence electrons. The number of aryl methyl sites for hydroxylation is 1. The van der Waals surface area contributed by atoms with E-state index in [9.17, 15) is 12.8 Å². The molecule has 0 bridgehead atoms. The van der Waals surface area contributed by atoms with Gasteiger partial charge in [0.25, 0.3) is 0 Å². The Bertz CT molecular complexity index is 741. The van der Waals surface area contributed by atoms with Gasteiger partial charge in [-0.2, -0.15) is 9.97 Å². The summed E-state index contributed by atoms with van der Waals surface area (Å²) in [6, 6.07) is 0. The van der Waals surface area contributed by atoms with E-state index in [1.807, 2.05) is 0 Å². The molecule has 2 aromatic rings. The highest BCUT2D eigenvalue weighted by molar-refractivity contribution is 7.88. The van der Waals surface area contributed by atoms with Crippen molar-refractivity contribution >= 4 is 32.8 Å². The first-order valence-corrected chi connectivity index (χ1v) is 7.07. The van der Waals surface area contributed by atoms with Gasteiger partial charge in [0, 0.05) is 20.3 Å². The summed E-state index contributed by atoms with van der Waals surface area (Å²) in [6.07, 6.45) is 2.20. The van der Waals surface area contributed by atoms with Crippen molar-refractivity contribution in [2.24, 2.45) is 7.05 Å². The zero-order valence-electron chi connectivity index (χ0n) is 10.5. The lowest BCUT2D eigenvalue weighted by Crippen LogP contribution is -2.39. The molecule has 2 aromatic heterocycles. The maximum atomic E-state index is 13.8. The minimum absolute atomic E-state index is 0.0472. The molecular weight excluding hydrogens is 275 g/mol. The van der Waals surface area contributed by atoms with Crippen LogP contribution in [0.15, 0.2) is 6.20 Å². The van der Waals surface area contributed by atoms with Crippen molar-refractivity contribution in [1.82, 2.24) is 19.4 Å². The minimum Gasteiger partial charge on any atom is -0.368 e. The van der Waals surface area contributed by atoms with E-state index in [0.29, 0.717) is 0 Å². The third kappa shape index (κ3) is 2.58. The Morgan fingerprint density at radius 2 is 2.11 bits per heavy atom. The molecule has 0 aromatic carbocycles. The van der Waals surface area contributed by atoms with Gasteiger partial charge in [-0.15, -0.1) is 4.83 Å². The molecule has 8 nitrogen and oxygen atoms in total. The van der Waals surface area contributed by atoms with Gasteiger partial charge in [0.1, 0.15) is 0 Å². The van der Waals surface area contributed by atoms with Crippen LogP contribution in [0.4, 0.5) is 16.2 Å². The number of hydrazine groups is 1. The predicted octanol–water partition coefficient (Wildman–Crippen LogP) is -0.410. The van der Waals surface area contributed by atoms with E-state index in [4.69, 9.17) is 5.73 Å². The van der Waals surface area contributed by atoms with E-state index >= 15 is 0 Å². The first-order chi connectivity index (χ1) is 8.69. The van der Waals surface area contributed by atoms with Gasteiger partial charge in [-0.05, 0) is 0 Å². The SMILES string of the molecule is CN(NS(C)(=O)=O)c1nc(N)nc2c1c(F)cn2C. The standard InChI is InChI=1S/C9H13FN6O2S/c1-15-4-5(10)6-7(15)12-9(11)13-8(6)16(2)14-19(3,17)18/h4,14H,1-3H3,(H2,11,12,13). The summed E-state index contributed by atoms with van der Waals surface area (Å²) in [5.41, 5.74) is 5.82. The maximum absolute atomic E-state index is 13.8. The number of hydrogen-bond donors (Lipinski definition) is 2. The van der Waals surface area contributed by atoms with E-state index in [2.05, 4.69) is 14.8 Å². The number of nitrogen functional groups attached to an aromatic ring is 1. The number of fused-ring (bicyclic) bond motifs is 1. The van der Waals surface area contributed by atoms with Gasteiger partial charge in [-0.3, -0.25) is 5.01 Å². The second kappa shape index (κ2) is 4.31. The van der Waals surface area contributed by atoms with Crippen LogP contribution >= 0.6 is 0 Å². The molecule has 0 unspecified atom stereocenters. The van der Waals surface area contributed by atoms with Crippen molar-refractivity contribution in [2.45, 2.75) is 0 Å². The molecule has 0 radical (unpaired) electrons. The van der Waals surface area contributed by atoms with E-state index in [1.165, 1.54) is 17.8 Å². The molecule has 0 aliphatic rings. The van der Waals surface area contributed by atoms with Crippen LogP contribution in [0.3, 0.4) is 0 Å². The fourth-order valence-electron chi connectivity index (χ4n) is 1.75. The molecule has 0 aliphatic carbocycles. The van der Waals surface area contributed by atoms with E-state index < -0.39 is 15.8 Å². The first-order valence-electron chi connectivity index (χ1n) is 5.18. The third-order valence-electron chi connectivity index (χ3n) is 2.39. The number of aromatic nitrogens is 3. The van der Waals surface area contributed by atoms with Gasteiger partial charge in [-0.25, -0.2) is 12.8 Å². The van der Waals surface area contributed by atoms with Crippen molar-refractivity contribution in [3.05, 3.63) is 12.0 Å². The first kappa shape index (κ1) is 13.5. The van der Waals surface area contributed by atoms with Crippen molar-refractivity contribution in [2.75, 3.05) is 24.0 Å². The Hall–Kier alpha value is -1.94. The van der Waals surface area contributed by atoms with E-state index in [-0.39, 0.29) is 22.8 Å². The van der Waals surface area contributed by atoms with Gasteiger partial charge in [0.05, 0.1) is 11.6 Å². The quantitative estimate of drug-likeness (QED) is 0.744. The molecule has 19 heavy (non-hydrogen) atoms. The molecule has 2 rings (SSSR count). The van der Waals surface area contributed by atoms with Crippen LogP contribution in [0.5, 0.6) is 0 Å². The second-order valence-electron chi connectivity index (χ2n) is 4.11. The normalized spacial score (nSPS) is 12.0. The molecule has 0 fully saturated rings. The number of rotatable bonds is 3. The molecule has 0 amide bonds. The molecule has 10 heteroatoms. The third-order valence-corrected chi connectivity index (χ3v) is 2.99. The lowest BCUT2D eigenvalue weighted by molar-refractivity contribution is 0.586. The number of hydrogen-bond acceptors (Lipinski definition) is 6. The van der Waals surface area contributed by atoms with Crippen LogP contribution in [0.1, 0.15) is 0 Å². The summed E-state index contributed by atoms with van der Waals surface area (Å²) < 4.78 is 37.7. The van der Waals surface area contributed by atoms with Crippen LogP contribution in [0.2, 0.25) is 0 Å². The number of halogens is 1. The van der Waals surface area contributed by atoms with Gasteiger partial charge in [0.2, 0.25) is 16.0 Å². The number of nitrogens with zero attached hydrogens (tertiary/aromatic N) is 4. The van der Waals surface area contributed by atoms with E-state index in [0.717, 1.165) is 11.3 Å². The number of sulfonamides is 1. The van der Waals surface area contributed by atoms with Gasteiger partial charge >= 0.3 is 0 Å². The zero-order valence-corrected chi connectivity index (χ0v) is 11.4. The topological polar surface area (TPSA) is 106 Å². The number of anilines is 2. The molecule has 2 heterocycles. The summed E-state index contributed by atoms with van der Waals surface area (Å²) in [5.74, 6) is -0.591. The van der Waals surface area contributed by atoms with E-state index in [1.54, 1.807) is 7.05 Å². The molecule has 0 saturated carbocycles. The molecule has 0 atom stereocenters. The Kier molecular flexibility index (Phi) is 3.06. The lowest BCUT2D eigenvalue weighted by Gasteiger charge is -2.18. The monoisotopic (exact) mass is 288 g/mol. The highest BCUT2D eigenvalue weighted by atomic mass is 32.2. The Balaban J connectivity index is 2.65. The average molecular weight is 288 g/mol. The predicted molar refractivity (Wildman–Crippen MR) is 69.3 cm³/mol. The van der Waals surface area contributed by atoms with Gasteiger partial charge in [0.15, 0.2) is 17.3 Å². The van der Waals surface area contributed by atoms with Crippen LogP contribution in [-0.2, 0) is 17.1 Å². The summed E-state index contributed by atoms with van der Waals surface area (Å²) >= 11 is 0. The van der Waals surface area contributed by atoms with Crippen LogP contribution in [-0.4, -0.2) is 36.3 Å².